The number of rotatable bonds is 5. The lowest BCUT2D eigenvalue weighted by molar-refractivity contribution is -0.385. The average molecular weight is 380 g/mol. The van der Waals surface area contributed by atoms with E-state index in [2.05, 4.69) is 0 Å². The van der Waals surface area contributed by atoms with E-state index in [-0.39, 0.29) is 16.4 Å². The van der Waals surface area contributed by atoms with Crippen LogP contribution in [0.1, 0.15) is 19.3 Å². The van der Waals surface area contributed by atoms with Gasteiger partial charge >= 0.3 is 5.69 Å². The van der Waals surface area contributed by atoms with Gasteiger partial charge in [0.1, 0.15) is 0 Å². The van der Waals surface area contributed by atoms with Crippen LogP contribution in [-0.2, 0) is 10.0 Å². The standard InChI is InChI=1S/C17H17FN2O5S/c18-14-6-2-3-7-16(14)25-17-9-8-13(12-15(17)20(21)22)26(23,24)19-10-4-1-5-11-19/h2-3,6-9,12H,1,4-5,10-11H2. The molecule has 7 nitrogen and oxygen atoms in total. The molecule has 9 heteroatoms. The number of ether oxygens (including phenoxy) is 1. The molecule has 0 unspecified atom stereocenters. The van der Waals surface area contributed by atoms with E-state index in [0.717, 1.165) is 31.4 Å². The van der Waals surface area contributed by atoms with Crippen molar-refractivity contribution < 1.29 is 22.5 Å². The van der Waals surface area contributed by atoms with Crippen molar-refractivity contribution in [3.63, 3.8) is 0 Å². The maximum atomic E-state index is 13.7. The number of benzene rings is 2. The number of halogens is 1. The molecule has 2 aromatic carbocycles. The summed E-state index contributed by atoms with van der Waals surface area (Å²) in [7, 11) is -3.82. The molecule has 0 bridgehead atoms. The van der Waals surface area contributed by atoms with Gasteiger partial charge < -0.3 is 4.74 Å². The number of piperidine rings is 1. The Morgan fingerprint density at radius 3 is 2.38 bits per heavy atom. The molecule has 1 aliphatic heterocycles. The third-order valence-electron chi connectivity index (χ3n) is 4.14. The highest BCUT2D eigenvalue weighted by Crippen LogP contribution is 2.35. The van der Waals surface area contributed by atoms with E-state index in [4.69, 9.17) is 4.74 Å². The molecule has 26 heavy (non-hydrogen) atoms. The number of hydrogen-bond donors (Lipinski definition) is 0. The molecule has 1 aliphatic rings. The van der Waals surface area contributed by atoms with Crippen molar-refractivity contribution in [2.75, 3.05) is 13.1 Å². The Morgan fingerprint density at radius 2 is 1.73 bits per heavy atom. The zero-order valence-corrected chi connectivity index (χ0v) is 14.6. The Bertz CT molecular complexity index is 927. The molecule has 0 aliphatic carbocycles. The van der Waals surface area contributed by atoms with Gasteiger partial charge in [0.25, 0.3) is 0 Å². The second kappa shape index (κ2) is 7.38. The van der Waals surface area contributed by atoms with E-state index >= 15 is 0 Å². The predicted molar refractivity (Wildman–Crippen MR) is 92.2 cm³/mol. The molecule has 2 aromatic rings. The van der Waals surface area contributed by atoms with E-state index in [9.17, 15) is 22.9 Å². The van der Waals surface area contributed by atoms with Crippen LogP contribution in [0.15, 0.2) is 47.4 Å². The van der Waals surface area contributed by atoms with Crippen LogP contribution in [-0.4, -0.2) is 30.7 Å². The summed E-state index contributed by atoms with van der Waals surface area (Å²) >= 11 is 0. The fourth-order valence-corrected chi connectivity index (χ4v) is 4.32. The predicted octanol–water partition coefficient (Wildman–Crippen LogP) is 3.70. The number of nitrogens with zero attached hydrogens (tertiary/aromatic N) is 2. The van der Waals surface area contributed by atoms with Crippen molar-refractivity contribution in [3.05, 3.63) is 58.4 Å². The number of hydrogen-bond acceptors (Lipinski definition) is 5. The van der Waals surface area contributed by atoms with Crippen molar-refractivity contribution in [1.82, 2.24) is 4.31 Å². The minimum Gasteiger partial charge on any atom is -0.447 e. The lowest BCUT2D eigenvalue weighted by Crippen LogP contribution is -2.35. The van der Waals surface area contributed by atoms with Gasteiger partial charge in [0.15, 0.2) is 11.6 Å². The fraction of sp³-hybridized carbons (Fsp3) is 0.294. The monoisotopic (exact) mass is 380 g/mol. The molecular formula is C17H17FN2O5S. The maximum absolute atomic E-state index is 13.7. The highest BCUT2D eigenvalue weighted by molar-refractivity contribution is 7.89. The molecule has 1 fully saturated rings. The molecule has 1 saturated heterocycles. The molecule has 138 valence electrons. The smallest absolute Gasteiger partial charge is 0.312 e. The van der Waals surface area contributed by atoms with E-state index in [1.165, 1.54) is 34.6 Å². The van der Waals surface area contributed by atoms with Crippen LogP contribution in [0.25, 0.3) is 0 Å². The Balaban J connectivity index is 1.97. The topological polar surface area (TPSA) is 89.8 Å². The number of nitro groups is 1. The van der Waals surface area contributed by atoms with Crippen LogP contribution in [0.4, 0.5) is 10.1 Å². The van der Waals surface area contributed by atoms with Crippen molar-refractivity contribution in [2.45, 2.75) is 24.2 Å². The Hall–Kier alpha value is -2.52. The molecule has 0 amide bonds. The summed E-state index contributed by atoms with van der Waals surface area (Å²) in [6.45, 7) is 0.785. The van der Waals surface area contributed by atoms with Crippen molar-refractivity contribution in [2.24, 2.45) is 0 Å². The van der Waals surface area contributed by atoms with Gasteiger partial charge in [-0.25, -0.2) is 12.8 Å². The van der Waals surface area contributed by atoms with Gasteiger partial charge in [-0.1, -0.05) is 18.6 Å². The Morgan fingerprint density at radius 1 is 1.04 bits per heavy atom. The number of para-hydroxylation sites is 1. The molecule has 0 radical (unpaired) electrons. The van der Waals surface area contributed by atoms with E-state index < -0.39 is 26.5 Å². The van der Waals surface area contributed by atoms with Crippen LogP contribution in [0, 0.1) is 15.9 Å². The van der Waals surface area contributed by atoms with Crippen molar-refractivity contribution >= 4 is 15.7 Å². The Labute approximate surface area is 150 Å². The molecular weight excluding hydrogens is 363 g/mol. The first-order valence-electron chi connectivity index (χ1n) is 8.10. The third kappa shape index (κ3) is 3.68. The second-order valence-electron chi connectivity index (χ2n) is 5.88. The minimum absolute atomic E-state index is 0.174. The van der Waals surface area contributed by atoms with E-state index in [0.29, 0.717) is 13.1 Å². The lowest BCUT2D eigenvalue weighted by Gasteiger charge is -2.25. The first-order valence-corrected chi connectivity index (χ1v) is 9.54. The molecule has 0 saturated carbocycles. The summed E-state index contributed by atoms with van der Waals surface area (Å²) in [4.78, 5) is 10.5. The van der Waals surface area contributed by atoms with Crippen molar-refractivity contribution in [3.8, 4) is 11.5 Å². The van der Waals surface area contributed by atoms with Crippen LogP contribution in [0.5, 0.6) is 11.5 Å². The van der Waals surface area contributed by atoms with Gasteiger partial charge in [0.2, 0.25) is 15.8 Å². The normalized spacial score (nSPS) is 15.6. The van der Waals surface area contributed by atoms with Gasteiger partial charge in [-0.2, -0.15) is 4.31 Å². The van der Waals surface area contributed by atoms with Crippen LogP contribution in [0.3, 0.4) is 0 Å². The van der Waals surface area contributed by atoms with E-state index in [1.54, 1.807) is 0 Å². The van der Waals surface area contributed by atoms with Gasteiger partial charge in [-0.3, -0.25) is 10.1 Å². The molecule has 0 atom stereocenters. The minimum atomic E-state index is -3.82. The van der Waals surface area contributed by atoms with Crippen molar-refractivity contribution in [1.29, 1.82) is 0 Å². The Kier molecular flexibility index (Phi) is 5.19. The molecule has 1 heterocycles. The first kappa shape index (κ1) is 18.3. The third-order valence-corrected chi connectivity index (χ3v) is 6.03. The van der Waals surface area contributed by atoms with Gasteiger partial charge in [0, 0.05) is 19.2 Å². The summed E-state index contributed by atoms with van der Waals surface area (Å²) in [5.41, 5.74) is -0.536. The largest absolute Gasteiger partial charge is 0.447 e. The average Bonchev–Trinajstić information content (AvgIpc) is 2.64. The lowest BCUT2D eigenvalue weighted by atomic mass is 10.2. The number of nitro benzene ring substituents is 1. The second-order valence-corrected chi connectivity index (χ2v) is 7.82. The first-order chi connectivity index (χ1) is 12.4. The number of sulfonamides is 1. The van der Waals surface area contributed by atoms with Gasteiger partial charge in [-0.15, -0.1) is 0 Å². The molecule has 3 rings (SSSR count). The summed E-state index contributed by atoms with van der Waals surface area (Å²) in [5.74, 6) is -1.08. The highest BCUT2D eigenvalue weighted by Gasteiger charge is 2.29. The SMILES string of the molecule is O=[N+]([O-])c1cc(S(=O)(=O)N2CCCCC2)ccc1Oc1ccccc1F. The molecule has 0 aromatic heterocycles. The van der Waals surface area contributed by atoms with Crippen LogP contribution in [0.2, 0.25) is 0 Å². The molecule has 0 N–H and O–H groups in total. The zero-order valence-electron chi connectivity index (χ0n) is 13.8. The quantitative estimate of drug-likeness (QED) is 0.583. The summed E-state index contributed by atoms with van der Waals surface area (Å²) < 4.78 is 45.7. The van der Waals surface area contributed by atoms with E-state index in [1.807, 2.05) is 0 Å². The van der Waals surface area contributed by atoms with Gasteiger partial charge in [-0.05, 0) is 37.1 Å². The maximum Gasteiger partial charge on any atom is 0.312 e. The molecule has 0 spiro atoms. The zero-order chi connectivity index (χ0) is 18.7. The summed E-state index contributed by atoms with van der Waals surface area (Å²) in [6.07, 6.45) is 2.48. The summed E-state index contributed by atoms with van der Waals surface area (Å²) in [5, 5.41) is 11.4. The van der Waals surface area contributed by atoms with Crippen LogP contribution < -0.4 is 4.74 Å². The summed E-state index contributed by atoms with van der Waals surface area (Å²) in [6, 6.07) is 8.87. The van der Waals surface area contributed by atoms with Gasteiger partial charge in [0.05, 0.1) is 9.82 Å². The van der Waals surface area contributed by atoms with Crippen LogP contribution >= 0.6 is 0 Å². The fourth-order valence-electron chi connectivity index (χ4n) is 2.79. The highest BCUT2D eigenvalue weighted by atomic mass is 32.2.